The molecule has 0 aromatic heterocycles. The minimum absolute atomic E-state index is 0.0761. The molecule has 27 heavy (non-hydrogen) atoms. The van der Waals surface area contributed by atoms with E-state index in [9.17, 15) is 4.79 Å². The highest BCUT2D eigenvalue weighted by atomic mass is 16.2. The van der Waals surface area contributed by atoms with Crippen LogP contribution in [0.5, 0.6) is 0 Å². The summed E-state index contributed by atoms with van der Waals surface area (Å²) in [5.41, 5.74) is 4.54. The molecule has 3 nitrogen and oxygen atoms in total. The Labute approximate surface area is 165 Å². The molecule has 2 aliphatic heterocycles. The molecule has 3 heteroatoms. The number of rotatable bonds is 7. The lowest BCUT2D eigenvalue weighted by Gasteiger charge is -2.44. The molecule has 1 aromatic carbocycles. The normalized spacial score (nSPS) is 19.7. The van der Waals surface area contributed by atoms with Crippen molar-refractivity contribution in [2.24, 2.45) is 11.3 Å². The second-order valence-electron chi connectivity index (χ2n) is 9.66. The highest BCUT2D eigenvalue weighted by molar-refractivity contribution is 6.13. The lowest BCUT2D eigenvalue weighted by atomic mass is 9.82. The number of nitrogens with zero attached hydrogens (tertiary/aromatic N) is 2. The summed E-state index contributed by atoms with van der Waals surface area (Å²) in [5, 5.41) is 0. The molecule has 1 amide bonds. The Morgan fingerprint density at radius 3 is 2.70 bits per heavy atom. The molecule has 0 N–H and O–H groups in total. The van der Waals surface area contributed by atoms with Crippen molar-refractivity contribution in [2.45, 2.75) is 72.6 Å². The van der Waals surface area contributed by atoms with Gasteiger partial charge in [0.15, 0.2) is 0 Å². The number of para-hydroxylation sites is 1. The summed E-state index contributed by atoms with van der Waals surface area (Å²) in [6.45, 7) is 17.3. The van der Waals surface area contributed by atoms with Crippen LogP contribution in [-0.2, 0) is 4.79 Å². The van der Waals surface area contributed by atoms with Crippen LogP contribution in [0.4, 0.5) is 11.4 Å². The third-order valence-corrected chi connectivity index (χ3v) is 6.39. The molecular formula is C24H36N2O. The van der Waals surface area contributed by atoms with Gasteiger partial charge in [0.25, 0.3) is 5.91 Å². The molecule has 148 valence electrons. The first kappa shape index (κ1) is 20.0. The van der Waals surface area contributed by atoms with Gasteiger partial charge in [0, 0.05) is 13.1 Å². The molecule has 3 rings (SSSR count). The van der Waals surface area contributed by atoms with E-state index in [0.29, 0.717) is 11.6 Å². The van der Waals surface area contributed by atoms with E-state index in [1.165, 1.54) is 30.5 Å². The first-order valence-corrected chi connectivity index (χ1v) is 10.6. The van der Waals surface area contributed by atoms with Gasteiger partial charge in [0.1, 0.15) is 5.70 Å². The summed E-state index contributed by atoms with van der Waals surface area (Å²) in [6.07, 6.45) is 5.85. The molecule has 1 aromatic rings. The van der Waals surface area contributed by atoms with Crippen LogP contribution in [0.25, 0.3) is 0 Å². The van der Waals surface area contributed by atoms with Crippen LogP contribution in [0.2, 0.25) is 0 Å². The maximum absolute atomic E-state index is 13.1. The van der Waals surface area contributed by atoms with Crippen LogP contribution in [-0.4, -0.2) is 19.0 Å². The van der Waals surface area contributed by atoms with Gasteiger partial charge in [-0.1, -0.05) is 66.2 Å². The van der Waals surface area contributed by atoms with Crippen molar-refractivity contribution in [3.8, 4) is 0 Å². The number of carbonyl (C=O) groups is 1. The Bertz CT molecular complexity index is 719. The zero-order valence-corrected chi connectivity index (χ0v) is 17.8. The molecule has 0 radical (unpaired) electrons. The molecule has 0 saturated carbocycles. The zero-order valence-electron chi connectivity index (χ0n) is 17.8. The molecule has 0 bridgehead atoms. The number of benzene rings is 1. The van der Waals surface area contributed by atoms with Crippen molar-refractivity contribution in [2.75, 3.05) is 22.9 Å². The molecule has 2 aliphatic rings. The van der Waals surface area contributed by atoms with Crippen LogP contribution in [0.1, 0.15) is 78.2 Å². The molecule has 0 saturated heterocycles. The largest absolute Gasteiger partial charge is 0.336 e. The van der Waals surface area contributed by atoms with Gasteiger partial charge in [-0.2, -0.15) is 0 Å². The number of hydrogen-bond acceptors (Lipinski definition) is 2. The van der Waals surface area contributed by atoms with Gasteiger partial charge >= 0.3 is 0 Å². The average Bonchev–Trinajstić information content (AvgIpc) is 2.60. The van der Waals surface area contributed by atoms with Crippen molar-refractivity contribution < 1.29 is 4.79 Å². The Balaban J connectivity index is 1.79. The predicted octanol–water partition coefficient (Wildman–Crippen LogP) is 6.10. The third kappa shape index (κ3) is 4.07. The van der Waals surface area contributed by atoms with E-state index >= 15 is 0 Å². The first-order chi connectivity index (χ1) is 12.7. The van der Waals surface area contributed by atoms with Crippen molar-refractivity contribution in [3.63, 3.8) is 0 Å². The molecule has 0 aliphatic carbocycles. The summed E-state index contributed by atoms with van der Waals surface area (Å²) in [5.74, 6) is 1.37. The third-order valence-electron chi connectivity index (χ3n) is 6.39. The Morgan fingerprint density at radius 2 is 2.00 bits per heavy atom. The lowest BCUT2D eigenvalue weighted by molar-refractivity contribution is -0.115. The summed E-state index contributed by atoms with van der Waals surface area (Å²) in [7, 11) is 0. The molecule has 0 fully saturated rings. The van der Waals surface area contributed by atoms with Gasteiger partial charge in [-0.25, -0.2) is 0 Å². The van der Waals surface area contributed by atoms with Crippen LogP contribution in [0, 0.1) is 11.3 Å². The SMILES string of the molecule is C=C1C(=O)N(CCC(C)(C)CCCC(C)C)c2cccc3c2N1CCC3C. The molecular weight excluding hydrogens is 332 g/mol. The number of carbonyl (C=O) groups excluding carboxylic acids is 1. The van der Waals surface area contributed by atoms with Crippen molar-refractivity contribution in [3.05, 3.63) is 36.0 Å². The van der Waals surface area contributed by atoms with E-state index in [4.69, 9.17) is 0 Å². The number of amides is 1. The highest BCUT2D eigenvalue weighted by Gasteiger charge is 2.37. The fourth-order valence-electron chi connectivity index (χ4n) is 4.45. The number of anilines is 2. The lowest BCUT2D eigenvalue weighted by Crippen LogP contribution is -2.47. The quantitative estimate of drug-likeness (QED) is 0.543. The topological polar surface area (TPSA) is 23.6 Å². The maximum atomic E-state index is 13.1. The summed E-state index contributed by atoms with van der Waals surface area (Å²) < 4.78 is 0. The second kappa shape index (κ2) is 7.69. The van der Waals surface area contributed by atoms with Crippen LogP contribution in [0.15, 0.2) is 30.5 Å². The van der Waals surface area contributed by atoms with Crippen LogP contribution >= 0.6 is 0 Å². The van der Waals surface area contributed by atoms with Gasteiger partial charge in [0.2, 0.25) is 0 Å². The fourth-order valence-corrected chi connectivity index (χ4v) is 4.45. The minimum Gasteiger partial charge on any atom is -0.336 e. The molecule has 0 spiro atoms. The Kier molecular flexibility index (Phi) is 5.69. The van der Waals surface area contributed by atoms with Crippen molar-refractivity contribution >= 4 is 17.3 Å². The monoisotopic (exact) mass is 368 g/mol. The number of hydrogen-bond donors (Lipinski definition) is 0. The maximum Gasteiger partial charge on any atom is 0.274 e. The molecule has 1 atom stereocenters. The van der Waals surface area contributed by atoms with E-state index in [1.807, 2.05) is 4.90 Å². The van der Waals surface area contributed by atoms with E-state index in [1.54, 1.807) is 0 Å². The van der Waals surface area contributed by atoms with Crippen molar-refractivity contribution in [1.29, 1.82) is 0 Å². The van der Waals surface area contributed by atoms with E-state index in [0.717, 1.165) is 37.5 Å². The van der Waals surface area contributed by atoms with Crippen LogP contribution in [0.3, 0.4) is 0 Å². The summed E-state index contributed by atoms with van der Waals surface area (Å²) in [4.78, 5) is 17.2. The van der Waals surface area contributed by atoms with E-state index in [2.05, 4.69) is 64.3 Å². The molecule has 1 unspecified atom stereocenters. The summed E-state index contributed by atoms with van der Waals surface area (Å²) in [6, 6.07) is 6.43. The Morgan fingerprint density at radius 1 is 1.26 bits per heavy atom. The molecule has 2 heterocycles. The average molecular weight is 369 g/mol. The van der Waals surface area contributed by atoms with Gasteiger partial charge in [-0.3, -0.25) is 4.79 Å². The van der Waals surface area contributed by atoms with Gasteiger partial charge in [-0.15, -0.1) is 0 Å². The van der Waals surface area contributed by atoms with Gasteiger partial charge < -0.3 is 9.80 Å². The smallest absolute Gasteiger partial charge is 0.274 e. The minimum atomic E-state index is 0.0761. The van der Waals surface area contributed by atoms with Gasteiger partial charge in [0.05, 0.1) is 11.4 Å². The van der Waals surface area contributed by atoms with Gasteiger partial charge in [-0.05, 0) is 48.1 Å². The summed E-state index contributed by atoms with van der Waals surface area (Å²) >= 11 is 0. The van der Waals surface area contributed by atoms with Crippen LogP contribution < -0.4 is 9.80 Å². The Hall–Kier alpha value is -1.77. The standard InChI is InChI=1S/C24H36N2O/c1-17(2)9-8-13-24(5,6)14-16-26-21-11-7-10-20-18(3)12-15-25(22(20)21)19(4)23(26)27/h7,10-11,17-18H,4,8-9,12-16H2,1-3,5-6H3. The van der Waals surface area contributed by atoms with E-state index < -0.39 is 0 Å². The fraction of sp³-hybridized carbons (Fsp3) is 0.625. The second-order valence-corrected chi connectivity index (χ2v) is 9.66. The predicted molar refractivity (Wildman–Crippen MR) is 115 cm³/mol. The van der Waals surface area contributed by atoms with E-state index in [-0.39, 0.29) is 11.3 Å². The zero-order chi connectivity index (χ0) is 19.8. The van der Waals surface area contributed by atoms with Crippen molar-refractivity contribution in [1.82, 2.24) is 0 Å². The highest BCUT2D eigenvalue weighted by Crippen LogP contribution is 2.46. The first-order valence-electron chi connectivity index (χ1n) is 10.6.